The maximum atomic E-state index is 12.4. The fourth-order valence-corrected chi connectivity index (χ4v) is 5.83. The quantitative estimate of drug-likeness (QED) is 0.599. The summed E-state index contributed by atoms with van der Waals surface area (Å²) in [5.74, 6) is 2.26. The van der Waals surface area contributed by atoms with E-state index in [-0.39, 0.29) is 23.9 Å². The summed E-state index contributed by atoms with van der Waals surface area (Å²) in [7, 11) is 0. The number of hydrogen-bond donors (Lipinski definition) is 4. The van der Waals surface area contributed by atoms with Gasteiger partial charge in [0.15, 0.2) is 0 Å². The second-order valence-electron chi connectivity index (χ2n) is 8.95. The van der Waals surface area contributed by atoms with Crippen LogP contribution in [0.4, 0.5) is 16.2 Å². The van der Waals surface area contributed by atoms with Gasteiger partial charge in [0.1, 0.15) is 0 Å². The molecule has 4 fully saturated rings. The van der Waals surface area contributed by atoms with Crippen LogP contribution in [0.25, 0.3) is 0 Å². The Labute approximate surface area is 160 Å². The molecule has 6 nitrogen and oxygen atoms in total. The van der Waals surface area contributed by atoms with E-state index < -0.39 is 0 Å². The zero-order chi connectivity index (χ0) is 19.0. The first-order valence-corrected chi connectivity index (χ1v) is 10.1. The number of carbonyl (C=O) groups excluding carboxylic acids is 2. The van der Waals surface area contributed by atoms with Crippen molar-refractivity contribution in [2.24, 2.45) is 17.8 Å². The van der Waals surface area contributed by atoms with Gasteiger partial charge in [-0.05, 0) is 80.9 Å². The summed E-state index contributed by atoms with van der Waals surface area (Å²) in [5, 5.41) is 8.99. The Bertz CT molecular complexity index is 710. The number of carbonyl (C=O) groups is 2. The van der Waals surface area contributed by atoms with E-state index >= 15 is 0 Å². The van der Waals surface area contributed by atoms with E-state index in [1.165, 1.54) is 19.3 Å². The lowest BCUT2D eigenvalue weighted by molar-refractivity contribution is -0.116. The van der Waals surface area contributed by atoms with E-state index in [1.807, 2.05) is 13.0 Å². The van der Waals surface area contributed by atoms with Crippen LogP contribution in [0.2, 0.25) is 0 Å². The van der Waals surface area contributed by atoms with Gasteiger partial charge in [0.2, 0.25) is 5.91 Å². The van der Waals surface area contributed by atoms with Gasteiger partial charge in [-0.1, -0.05) is 6.07 Å². The number of rotatable bonds is 5. The molecule has 4 aliphatic rings. The minimum Gasteiger partial charge on any atom is -0.399 e. The van der Waals surface area contributed by atoms with Crippen molar-refractivity contribution in [1.82, 2.24) is 10.6 Å². The molecule has 27 heavy (non-hydrogen) atoms. The van der Waals surface area contributed by atoms with Gasteiger partial charge in [0, 0.05) is 29.9 Å². The summed E-state index contributed by atoms with van der Waals surface area (Å²) in [6, 6.07) is 5.30. The highest BCUT2D eigenvalue weighted by molar-refractivity contribution is 5.92. The fraction of sp³-hybridized carbons (Fsp3) is 0.619. The first kappa shape index (κ1) is 18.1. The molecule has 146 valence electrons. The third-order valence-electron chi connectivity index (χ3n) is 6.59. The predicted octanol–water partition coefficient (Wildman–Crippen LogP) is 3.17. The predicted molar refractivity (Wildman–Crippen MR) is 106 cm³/mol. The van der Waals surface area contributed by atoms with Crippen LogP contribution in [-0.2, 0) is 4.79 Å². The number of nitrogens with one attached hydrogen (secondary N) is 3. The second kappa shape index (κ2) is 7.06. The van der Waals surface area contributed by atoms with Crippen molar-refractivity contribution in [2.45, 2.75) is 57.4 Å². The zero-order valence-electron chi connectivity index (χ0n) is 16.0. The third-order valence-corrected chi connectivity index (χ3v) is 6.59. The molecule has 0 aromatic heterocycles. The van der Waals surface area contributed by atoms with E-state index in [0.717, 1.165) is 48.3 Å². The Balaban J connectivity index is 1.23. The maximum Gasteiger partial charge on any atom is 0.315 e. The molecule has 4 bridgehead atoms. The number of nitrogens with two attached hydrogens (primary N) is 1. The molecule has 6 heteroatoms. The van der Waals surface area contributed by atoms with Gasteiger partial charge >= 0.3 is 6.03 Å². The summed E-state index contributed by atoms with van der Waals surface area (Å²) in [5.41, 5.74) is 8.07. The maximum absolute atomic E-state index is 12.4. The standard InChI is InChI=1S/C21H30N4O2/c1-13-2-3-17(22)9-18(13)24-19(26)4-5-23-20(27)25-21-10-14-6-15(11-21)8-16(7-14)12-21/h2-3,9,14-16H,4-8,10-12,22H2,1H3,(H,24,26)(H2,23,25,27). The molecule has 5 N–H and O–H groups in total. The van der Waals surface area contributed by atoms with Gasteiger partial charge in [-0.2, -0.15) is 0 Å². The van der Waals surface area contributed by atoms with Crippen LogP contribution < -0.4 is 21.7 Å². The van der Waals surface area contributed by atoms with Crippen LogP contribution in [0.1, 0.15) is 50.5 Å². The van der Waals surface area contributed by atoms with E-state index in [2.05, 4.69) is 16.0 Å². The zero-order valence-corrected chi connectivity index (χ0v) is 16.0. The Morgan fingerprint density at radius 3 is 2.37 bits per heavy atom. The number of aryl methyl sites for hydroxylation is 1. The van der Waals surface area contributed by atoms with Crippen LogP contribution in [0.15, 0.2) is 18.2 Å². The second-order valence-corrected chi connectivity index (χ2v) is 8.95. The molecule has 0 spiro atoms. The van der Waals surface area contributed by atoms with E-state index in [9.17, 15) is 9.59 Å². The average molecular weight is 370 g/mol. The molecule has 4 aliphatic carbocycles. The largest absolute Gasteiger partial charge is 0.399 e. The Morgan fingerprint density at radius 1 is 1.11 bits per heavy atom. The average Bonchev–Trinajstić information content (AvgIpc) is 2.56. The van der Waals surface area contributed by atoms with E-state index in [0.29, 0.717) is 12.2 Å². The molecule has 5 rings (SSSR count). The molecule has 0 saturated heterocycles. The van der Waals surface area contributed by atoms with Crippen molar-refractivity contribution in [1.29, 1.82) is 0 Å². The van der Waals surface area contributed by atoms with Crippen molar-refractivity contribution >= 4 is 23.3 Å². The van der Waals surface area contributed by atoms with Crippen molar-refractivity contribution < 1.29 is 9.59 Å². The molecule has 0 atom stereocenters. The lowest BCUT2D eigenvalue weighted by atomic mass is 9.53. The molecule has 1 aromatic rings. The highest BCUT2D eigenvalue weighted by atomic mass is 16.2. The SMILES string of the molecule is Cc1ccc(N)cc1NC(=O)CCNC(=O)NC12CC3CC(CC(C3)C1)C2. The van der Waals surface area contributed by atoms with Crippen molar-refractivity contribution in [3.05, 3.63) is 23.8 Å². The molecule has 0 unspecified atom stereocenters. The highest BCUT2D eigenvalue weighted by Gasteiger charge is 2.51. The van der Waals surface area contributed by atoms with Gasteiger partial charge in [0.05, 0.1) is 0 Å². The number of urea groups is 1. The van der Waals surface area contributed by atoms with Crippen molar-refractivity contribution in [2.75, 3.05) is 17.6 Å². The first-order valence-electron chi connectivity index (χ1n) is 10.1. The lowest BCUT2D eigenvalue weighted by Gasteiger charge is -2.56. The van der Waals surface area contributed by atoms with Crippen LogP contribution in [0.5, 0.6) is 0 Å². The summed E-state index contributed by atoms with van der Waals surface area (Å²) >= 11 is 0. The smallest absolute Gasteiger partial charge is 0.315 e. The van der Waals surface area contributed by atoms with Crippen LogP contribution >= 0.6 is 0 Å². The number of nitrogen functional groups attached to an aromatic ring is 1. The van der Waals surface area contributed by atoms with Gasteiger partial charge < -0.3 is 21.7 Å². The van der Waals surface area contributed by atoms with E-state index in [1.54, 1.807) is 12.1 Å². The summed E-state index contributed by atoms with van der Waals surface area (Å²) < 4.78 is 0. The topological polar surface area (TPSA) is 96.2 Å². The van der Waals surface area contributed by atoms with E-state index in [4.69, 9.17) is 5.73 Å². The highest BCUT2D eigenvalue weighted by Crippen LogP contribution is 2.55. The molecule has 0 heterocycles. The Morgan fingerprint density at radius 2 is 1.74 bits per heavy atom. The monoisotopic (exact) mass is 370 g/mol. The summed E-state index contributed by atoms with van der Waals surface area (Å²) in [6.45, 7) is 2.25. The summed E-state index contributed by atoms with van der Waals surface area (Å²) in [4.78, 5) is 24.5. The minimum absolute atomic E-state index is 0.000228. The summed E-state index contributed by atoms with van der Waals surface area (Å²) in [6.07, 6.45) is 7.68. The van der Waals surface area contributed by atoms with Crippen LogP contribution in [0, 0.1) is 24.7 Å². The molecule has 4 saturated carbocycles. The molecular weight excluding hydrogens is 340 g/mol. The fourth-order valence-electron chi connectivity index (χ4n) is 5.83. The molecule has 1 aromatic carbocycles. The molecule has 0 radical (unpaired) electrons. The van der Waals surface area contributed by atoms with Crippen molar-refractivity contribution in [3.8, 4) is 0 Å². The molecule has 3 amide bonds. The number of amides is 3. The Kier molecular flexibility index (Phi) is 4.74. The van der Waals surface area contributed by atoms with Gasteiger partial charge in [-0.3, -0.25) is 4.79 Å². The first-order chi connectivity index (χ1) is 12.9. The Hall–Kier alpha value is -2.24. The molecule has 0 aliphatic heterocycles. The number of benzene rings is 1. The number of hydrogen-bond acceptors (Lipinski definition) is 3. The van der Waals surface area contributed by atoms with Gasteiger partial charge in [0.25, 0.3) is 0 Å². The van der Waals surface area contributed by atoms with Crippen molar-refractivity contribution in [3.63, 3.8) is 0 Å². The third kappa shape index (κ3) is 4.04. The normalized spacial score (nSPS) is 30.8. The van der Waals surface area contributed by atoms with Gasteiger partial charge in [-0.25, -0.2) is 4.79 Å². The molecular formula is C21H30N4O2. The minimum atomic E-state index is -0.134. The lowest BCUT2D eigenvalue weighted by Crippen LogP contribution is -2.61. The van der Waals surface area contributed by atoms with Gasteiger partial charge in [-0.15, -0.1) is 0 Å². The number of anilines is 2. The van der Waals surface area contributed by atoms with Crippen LogP contribution in [-0.4, -0.2) is 24.0 Å². The van der Waals surface area contributed by atoms with Crippen LogP contribution in [0.3, 0.4) is 0 Å².